The summed E-state index contributed by atoms with van der Waals surface area (Å²) in [4.78, 5) is 43.8. The zero-order valence-corrected chi connectivity index (χ0v) is 20.6. The number of ether oxygens (including phenoxy) is 1. The number of amides is 2. The van der Waals surface area contributed by atoms with Gasteiger partial charge in [-0.05, 0) is 42.3 Å². The van der Waals surface area contributed by atoms with Crippen molar-refractivity contribution in [2.24, 2.45) is 0 Å². The maximum Gasteiger partial charge on any atom is 0.434 e. The first-order valence-electron chi connectivity index (χ1n) is 11.9. The van der Waals surface area contributed by atoms with E-state index < -0.39 is 6.09 Å². The first-order valence-corrected chi connectivity index (χ1v) is 11.9. The molecule has 0 radical (unpaired) electrons. The van der Waals surface area contributed by atoms with Crippen LogP contribution < -0.4 is 20.9 Å². The summed E-state index contributed by atoms with van der Waals surface area (Å²) in [5.74, 6) is 0.627. The van der Waals surface area contributed by atoms with E-state index >= 15 is 0 Å². The summed E-state index contributed by atoms with van der Waals surface area (Å²) in [7, 11) is 1.49. The molecule has 5 rings (SSSR count). The van der Waals surface area contributed by atoms with Gasteiger partial charge in [0.25, 0.3) is 0 Å². The molecule has 0 spiro atoms. The maximum atomic E-state index is 11.9. The third-order valence-corrected chi connectivity index (χ3v) is 5.89. The molecular weight excluding hydrogens is 486 g/mol. The Labute approximate surface area is 218 Å². The van der Waals surface area contributed by atoms with Crippen molar-refractivity contribution in [1.29, 1.82) is 0 Å². The standard InChI is InChI=1S/C27H25N7O4/c1-3-23(35)29-19-9-4-7-17(15-19)20-10-5-8-18-16-28-26(32-24(18)20)30-21-11-12-22(31-25(21)37-2)33-38-27(36)34-13-6-14-34/h3-5,7-12,15-16H,1,6,13-14H2,2H3,(H,29,35)(H,31,33)(H,28,30,32). The number of nitrogens with one attached hydrogen (secondary N) is 3. The van der Waals surface area contributed by atoms with Gasteiger partial charge < -0.3 is 25.1 Å². The van der Waals surface area contributed by atoms with Crippen molar-refractivity contribution in [3.05, 3.63) is 73.4 Å². The van der Waals surface area contributed by atoms with E-state index in [0.29, 0.717) is 36.2 Å². The van der Waals surface area contributed by atoms with Crippen LogP contribution in [0.1, 0.15) is 6.42 Å². The molecule has 0 unspecified atom stereocenters. The van der Waals surface area contributed by atoms with Crippen LogP contribution in [0.2, 0.25) is 0 Å². The predicted molar refractivity (Wildman–Crippen MR) is 144 cm³/mol. The van der Waals surface area contributed by atoms with Crippen molar-refractivity contribution in [1.82, 2.24) is 19.9 Å². The Balaban J connectivity index is 1.38. The van der Waals surface area contributed by atoms with Crippen molar-refractivity contribution < 1.29 is 19.2 Å². The van der Waals surface area contributed by atoms with Crippen LogP contribution in [-0.2, 0) is 9.63 Å². The first-order chi connectivity index (χ1) is 18.5. The second-order valence-electron chi connectivity index (χ2n) is 8.40. The van der Waals surface area contributed by atoms with Gasteiger partial charge in [0.2, 0.25) is 17.7 Å². The second kappa shape index (κ2) is 10.8. The molecule has 2 aromatic carbocycles. The highest BCUT2D eigenvalue weighted by Gasteiger charge is 2.22. The number of pyridine rings is 1. The summed E-state index contributed by atoms with van der Waals surface area (Å²) in [6, 6.07) is 16.7. The highest BCUT2D eigenvalue weighted by Crippen LogP contribution is 2.31. The van der Waals surface area contributed by atoms with E-state index in [2.05, 4.69) is 32.7 Å². The number of hydrogen-bond donors (Lipinski definition) is 3. The molecule has 2 aromatic heterocycles. The Morgan fingerprint density at radius 3 is 2.68 bits per heavy atom. The van der Waals surface area contributed by atoms with Gasteiger partial charge in [0.05, 0.1) is 12.6 Å². The zero-order valence-electron chi connectivity index (χ0n) is 20.6. The fraction of sp³-hybridized carbons (Fsp3) is 0.148. The Kier molecular flexibility index (Phi) is 6.98. The van der Waals surface area contributed by atoms with Crippen LogP contribution in [0, 0.1) is 0 Å². The van der Waals surface area contributed by atoms with Crippen molar-refractivity contribution in [3.8, 4) is 17.0 Å². The number of nitrogens with zero attached hydrogens (tertiary/aromatic N) is 4. The maximum absolute atomic E-state index is 11.9. The van der Waals surface area contributed by atoms with Gasteiger partial charge in [0.1, 0.15) is 5.69 Å². The molecule has 0 saturated carbocycles. The Morgan fingerprint density at radius 2 is 1.92 bits per heavy atom. The fourth-order valence-corrected chi connectivity index (χ4v) is 3.83. The molecule has 1 saturated heterocycles. The van der Waals surface area contributed by atoms with Crippen molar-refractivity contribution in [3.63, 3.8) is 0 Å². The van der Waals surface area contributed by atoms with E-state index in [1.165, 1.54) is 13.2 Å². The normalized spacial score (nSPS) is 12.3. The van der Waals surface area contributed by atoms with Crippen LogP contribution in [0.15, 0.2) is 73.4 Å². The third kappa shape index (κ3) is 5.31. The minimum atomic E-state index is -0.451. The van der Waals surface area contributed by atoms with E-state index in [9.17, 15) is 9.59 Å². The van der Waals surface area contributed by atoms with Gasteiger partial charge in [-0.1, -0.05) is 36.9 Å². The van der Waals surface area contributed by atoms with E-state index in [1.807, 2.05) is 42.5 Å². The van der Waals surface area contributed by atoms with Gasteiger partial charge >= 0.3 is 6.09 Å². The largest absolute Gasteiger partial charge is 0.479 e. The number of likely N-dealkylation sites (tertiary alicyclic amines) is 1. The molecule has 3 heterocycles. The summed E-state index contributed by atoms with van der Waals surface area (Å²) < 4.78 is 5.42. The highest BCUT2D eigenvalue weighted by molar-refractivity contribution is 6.00. The third-order valence-electron chi connectivity index (χ3n) is 5.89. The van der Waals surface area contributed by atoms with Crippen LogP contribution in [0.4, 0.5) is 27.9 Å². The van der Waals surface area contributed by atoms with Gasteiger partial charge in [0.15, 0.2) is 5.82 Å². The van der Waals surface area contributed by atoms with Gasteiger partial charge in [-0.3, -0.25) is 4.79 Å². The van der Waals surface area contributed by atoms with E-state index in [0.717, 1.165) is 28.5 Å². The lowest BCUT2D eigenvalue weighted by Gasteiger charge is -2.29. The lowest BCUT2D eigenvalue weighted by atomic mass is 10.0. The number of methoxy groups -OCH3 is 1. The van der Waals surface area contributed by atoms with Crippen LogP contribution in [0.5, 0.6) is 5.88 Å². The zero-order chi connectivity index (χ0) is 26.5. The number of benzene rings is 2. The molecule has 0 bridgehead atoms. The second-order valence-corrected chi connectivity index (χ2v) is 8.40. The average molecular weight is 512 g/mol. The summed E-state index contributed by atoms with van der Waals surface area (Å²) in [6.07, 6.45) is 3.47. The number of hydrogen-bond acceptors (Lipinski definition) is 9. The minimum Gasteiger partial charge on any atom is -0.479 e. The number of para-hydroxylation sites is 1. The summed E-state index contributed by atoms with van der Waals surface area (Å²) in [6.45, 7) is 4.86. The van der Waals surface area contributed by atoms with E-state index in [1.54, 1.807) is 23.2 Å². The van der Waals surface area contributed by atoms with Crippen LogP contribution >= 0.6 is 0 Å². The van der Waals surface area contributed by atoms with E-state index in [-0.39, 0.29) is 11.8 Å². The number of rotatable bonds is 8. The molecule has 0 aliphatic carbocycles. The molecule has 38 heavy (non-hydrogen) atoms. The Morgan fingerprint density at radius 1 is 1.08 bits per heavy atom. The molecule has 1 aliphatic heterocycles. The number of carbonyl (C=O) groups excluding carboxylic acids is 2. The smallest absolute Gasteiger partial charge is 0.434 e. The van der Waals surface area contributed by atoms with Crippen molar-refractivity contribution in [2.45, 2.75) is 6.42 Å². The molecule has 2 amide bonds. The van der Waals surface area contributed by atoms with Crippen LogP contribution in [0.25, 0.3) is 22.0 Å². The highest BCUT2D eigenvalue weighted by atomic mass is 16.7. The van der Waals surface area contributed by atoms with Crippen LogP contribution in [-0.4, -0.2) is 52.1 Å². The summed E-state index contributed by atoms with van der Waals surface area (Å²) in [5.41, 5.74) is 6.21. The van der Waals surface area contributed by atoms with E-state index in [4.69, 9.17) is 14.6 Å². The Hall–Kier alpha value is -5.19. The predicted octanol–water partition coefficient (Wildman–Crippen LogP) is 4.74. The SMILES string of the molecule is C=CC(=O)Nc1cccc(-c2cccc3cnc(Nc4ccc(NOC(=O)N5CCC5)nc4OC)nc23)c1. The van der Waals surface area contributed by atoms with Crippen molar-refractivity contribution in [2.75, 3.05) is 36.3 Å². The number of fused-ring (bicyclic) bond motifs is 1. The fourth-order valence-electron chi connectivity index (χ4n) is 3.83. The topological polar surface area (TPSA) is 131 Å². The first kappa shape index (κ1) is 24.5. The molecule has 1 aliphatic rings. The molecule has 3 N–H and O–H groups in total. The van der Waals surface area contributed by atoms with Crippen molar-refractivity contribution >= 4 is 46.0 Å². The lowest BCUT2D eigenvalue weighted by molar-refractivity contribution is -0.111. The van der Waals surface area contributed by atoms with Gasteiger partial charge in [0, 0.05) is 35.9 Å². The monoisotopic (exact) mass is 511 g/mol. The molecule has 11 nitrogen and oxygen atoms in total. The molecule has 11 heteroatoms. The molecule has 0 atom stereocenters. The van der Waals surface area contributed by atoms with Gasteiger partial charge in [-0.25, -0.2) is 14.8 Å². The molecular formula is C27H25N7O4. The lowest BCUT2D eigenvalue weighted by Crippen LogP contribution is -2.43. The number of anilines is 4. The Bertz CT molecular complexity index is 1520. The molecule has 1 fully saturated rings. The molecule has 192 valence electrons. The average Bonchev–Trinajstić information content (AvgIpc) is 2.91. The summed E-state index contributed by atoms with van der Waals surface area (Å²) >= 11 is 0. The molecule has 4 aromatic rings. The van der Waals surface area contributed by atoms with Crippen LogP contribution in [0.3, 0.4) is 0 Å². The van der Waals surface area contributed by atoms with Gasteiger partial charge in [-0.2, -0.15) is 10.5 Å². The quantitative estimate of drug-likeness (QED) is 0.227. The number of aromatic nitrogens is 3. The minimum absolute atomic E-state index is 0.262. The van der Waals surface area contributed by atoms with Gasteiger partial charge in [-0.15, -0.1) is 0 Å². The summed E-state index contributed by atoms with van der Waals surface area (Å²) in [5, 5.41) is 6.78. The number of carbonyl (C=O) groups is 2.